The smallest absolute Gasteiger partial charge is 0.240 e. The summed E-state index contributed by atoms with van der Waals surface area (Å²) in [5.74, 6) is 0.0891. The van der Waals surface area contributed by atoms with Gasteiger partial charge in [0.2, 0.25) is 5.91 Å². The van der Waals surface area contributed by atoms with Gasteiger partial charge in [0.1, 0.15) is 0 Å². The highest BCUT2D eigenvalue weighted by molar-refractivity contribution is 7.10. The molecule has 0 radical (unpaired) electrons. The molecule has 3 N–H and O–H groups in total. The lowest BCUT2D eigenvalue weighted by Gasteiger charge is -2.47. The van der Waals surface area contributed by atoms with E-state index in [-0.39, 0.29) is 18.0 Å². The molecule has 1 aromatic rings. The van der Waals surface area contributed by atoms with E-state index in [1.807, 2.05) is 13.8 Å². The number of hydrogen-bond acceptors (Lipinski definition) is 4. The van der Waals surface area contributed by atoms with Gasteiger partial charge in [0.15, 0.2) is 0 Å². The number of rotatable bonds is 4. The Morgan fingerprint density at radius 1 is 1.55 bits per heavy atom. The minimum atomic E-state index is -0.522. The molecule has 2 heterocycles. The summed E-state index contributed by atoms with van der Waals surface area (Å²) in [7, 11) is 0. The molecule has 2 atom stereocenters. The van der Waals surface area contributed by atoms with Crippen molar-refractivity contribution in [3.8, 4) is 0 Å². The van der Waals surface area contributed by atoms with Crippen LogP contribution in [0.15, 0.2) is 11.4 Å². The van der Waals surface area contributed by atoms with Gasteiger partial charge in [0.05, 0.1) is 11.6 Å². The number of aryl methyl sites for hydroxylation is 1. The first kappa shape index (κ1) is 15.5. The van der Waals surface area contributed by atoms with Crippen molar-refractivity contribution in [2.75, 3.05) is 13.1 Å². The number of carbonyl (C=O) groups excluding carboxylic acids is 1. The maximum atomic E-state index is 12.2. The minimum Gasteiger partial charge on any atom is -0.353 e. The van der Waals surface area contributed by atoms with Crippen molar-refractivity contribution in [1.82, 2.24) is 10.2 Å². The van der Waals surface area contributed by atoms with Crippen LogP contribution in [-0.4, -0.2) is 35.5 Å². The average molecular weight is 295 g/mol. The molecule has 2 rings (SSSR count). The van der Waals surface area contributed by atoms with Gasteiger partial charge in [-0.05, 0) is 44.2 Å². The molecular weight excluding hydrogens is 270 g/mol. The van der Waals surface area contributed by atoms with Gasteiger partial charge >= 0.3 is 0 Å². The normalized spacial score (nSPS) is 22.4. The summed E-state index contributed by atoms with van der Waals surface area (Å²) in [5, 5.41) is 5.06. The molecule has 0 saturated carbocycles. The van der Waals surface area contributed by atoms with Crippen LogP contribution < -0.4 is 11.1 Å². The lowest BCUT2D eigenvalue weighted by molar-refractivity contribution is -0.137. The van der Waals surface area contributed by atoms with Gasteiger partial charge in [-0.3, -0.25) is 9.69 Å². The van der Waals surface area contributed by atoms with E-state index in [9.17, 15) is 4.79 Å². The summed E-state index contributed by atoms with van der Waals surface area (Å²) in [6.07, 6.45) is 0.899. The Morgan fingerprint density at radius 2 is 2.25 bits per heavy atom. The van der Waals surface area contributed by atoms with Crippen molar-refractivity contribution in [3.63, 3.8) is 0 Å². The predicted molar refractivity (Wildman–Crippen MR) is 83.9 cm³/mol. The van der Waals surface area contributed by atoms with E-state index in [0.717, 1.165) is 13.0 Å². The highest BCUT2D eigenvalue weighted by Crippen LogP contribution is 2.36. The zero-order valence-corrected chi connectivity index (χ0v) is 13.6. The van der Waals surface area contributed by atoms with E-state index in [1.54, 1.807) is 11.3 Å². The van der Waals surface area contributed by atoms with Crippen LogP contribution in [0.25, 0.3) is 0 Å². The standard InChI is InChI=1S/C15H25N3OS/c1-5-11(16)12(13-10(2)6-9-20-13)18-8-7-17-14(19)15(18,3)4/h6,9,11-12H,5,7-8,16H2,1-4H3,(H,17,19). The van der Waals surface area contributed by atoms with Gasteiger partial charge in [0, 0.05) is 24.0 Å². The Morgan fingerprint density at radius 3 is 2.80 bits per heavy atom. The molecule has 112 valence electrons. The molecule has 1 amide bonds. The third-order valence-corrected chi connectivity index (χ3v) is 5.38. The molecule has 1 aliphatic heterocycles. The van der Waals surface area contributed by atoms with E-state index in [1.165, 1.54) is 10.4 Å². The second-order valence-electron chi connectivity index (χ2n) is 5.99. The zero-order chi connectivity index (χ0) is 14.9. The van der Waals surface area contributed by atoms with Gasteiger partial charge in [0.25, 0.3) is 0 Å². The van der Waals surface area contributed by atoms with E-state index < -0.39 is 5.54 Å². The van der Waals surface area contributed by atoms with E-state index >= 15 is 0 Å². The third kappa shape index (κ3) is 2.62. The summed E-state index contributed by atoms with van der Waals surface area (Å²) < 4.78 is 0. The number of hydrogen-bond donors (Lipinski definition) is 2. The number of nitrogens with one attached hydrogen (secondary N) is 1. The van der Waals surface area contributed by atoms with Gasteiger partial charge in [-0.15, -0.1) is 11.3 Å². The fourth-order valence-electron chi connectivity index (χ4n) is 2.88. The van der Waals surface area contributed by atoms with Crippen molar-refractivity contribution < 1.29 is 4.79 Å². The van der Waals surface area contributed by atoms with Crippen molar-refractivity contribution in [1.29, 1.82) is 0 Å². The highest BCUT2D eigenvalue weighted by Gasteiger charge is 2.43. The fraction of sp³-hybridized carbons (Fsp3) is 0.667. The van der Waals surface area contributed by atoms with Crippen LogP contribution in [0.1, 0.15) is 43.7 Å². The van der Waals surface area contributed by atoms with Crippen LogP contribution in [-0.2, 0) is 4.79 Å². The fourth-order valence-corrected chi connectivity index (χ4v) is 3.99. The number of thiophene rings is 1. The predicted octanol–water partition coefficient (Wildman–Crippen LogP) is 2.05. The van der Waals surface area contributed by atoms with Gasteiger partial charge in [-0.1, -0.05) is 6.92 Å². The monoisotopic (exact) mass is 295 g/mol. The summed E-state index contributed by atoms with van der Waals surface area (Å²) in [4.78, 5) is 15.8. The summed E-state index contributed by atoms with van der Waals surface area (Å²) >= 11 is 1.74. The van der Waals surface area contributed by atoms with E-state index in [0.29, 0.717) is 6.54 Å². The maximum absolute atomic E-state index is 12.2. The van der Waals surface area contributed by atoms with Crippen LogP contribution in [0.5, 0.6) is 0 Å². The first-order chi connectivity index (χ1) is 9.39. The van der Waals surface area contributed by atoms with Crippen molar-refractivity contribution in [3.05, 3.63) is 21.9 Å². The zero-order valence-electron chi connectivity index (χ0n) is 12.8. The molecule has 20 heavy (non-hydrogen) atoms. The lowest BCUT2D eigenvalue weighted by Crippen LogP contribution is -2.64. The molecule has 1 saturated heterocycles. The Kier molecular flexibility index (Phi) is 4.52. The second kappa shape index (κ2) is 5.84. The summed E-state index contributed by atoms with van der Waals surface area (Å²) in [5.41, 5.74) is 7.16. The van der Waals surface area contributed by atoms with Crippen LogP contribution in [0.3, 0.4) is 0 Å². The van der Waals surface area contributed by atoms with Crippen molar-refractivity contribution in [2.45, 2.75) is 51.7 Å². The summed E-state index contributed by atoms with van der Waals surface area (Å²) in [6, 6.07) is 2.28. The lowest BCUT2D eigenvalue weighted by atomic mass is 9.91. The Bertz CT molecular complexity index is 483. The molecule has 1 fully saturated rings. The molecule has 0 aromatic carbocycles. The Balaban J connectivity index is 2.41. The number of piperazine rings is 1. The molecular formula is C15H25N3OS. The molecule has 1 aromatic heterocycles. The van der Waals surface area contributed by atoms with Crippen LogP contribution in [0.2, 0.25) is 0 Å². The number of carbonyl (C=O) groups is 1. The van der Waals surface area contributed by atoms with Gasteiger partial charge in [-0.25, -0.2) is 0 Å². The van der Waals surface area contributed by atoms with Crippen LogP contribution in [0, 0.1) is 6.92 Å². The SMILES string of the molecule is CCC(N)C(c1sccc1C)N1CCNC(=O)C1(C)C. The average Bonchev–Trinajstić information content (AvgIpc) is 2.81. The number of amides is 1. The summed E-state index contributed by atoms with van der Waals surface area (Å²) in [6.45, 7) is 9.74. The first-order valence-corrected chi connectivity index (χ1v) is 8.12. The van der Waals surface area contributed by atoms with E-state index in [4.69, 9.17) is 5.73 Å². The first-order valence-electron chi connectivity index (χ1n) is 7.24. The largest absolute Gasteiger partial charge is 0.353 e. The molecule has 1 aliphatic rings. The van der Waals surface area contributed by atoms with Crippen LogP contribution in [0.4, 0.5) is 0 Å². The minimum absolute atomic E-state index is 0.0394. The topological polar surface area (TPSA) is 58.4 Å². The molecule has 5 heteroatoms. The second-order valence-corrected chi connectivity index (χ2v) is 6.94. The third-order valence-electron chi connectivity index (χ3n) is 4.30. The molecule has 0 spiro atoms. The Hall–Kier alpha value is -0.910. The van der Waals surface area contributed by atoms with E-state index in [2.05, 4.69) is 35.5 Å². The van der Waals surface area contributed by atoms with Gasteiger partial charge < -0.3 is 11.1 Å². The molecule has 2 unspecified atom stereocenters. The van der Waals surface area contributed by atoms with Crippen molar-refractivity contribution >= 4 is 17.2 Å². The molecule has 0 bridgehead atoms. The number of nitrogens with two attached hydrogens (primary N) is 1. The Labute approximate surface area is 125 Å². The quantitative estimate of drug-likeness (QED) is 0.894. The van der Waals surface area contributed by atoms with Crippen molar-refractivity contribution in [2.24, 2.45) is 5.73 Å². The van der Waals surface area contributed by atoms with Crippen LogP contribution >= 0.6 is 11.3 Å². The highest BCUT2D eigenvalue weighted by atomic mass is 32.1. The number of nitrogens with zero attached hydrogens (tertiary/aromatic N) is 1. The van der Waals surface area contributed by atoms with Gasteiger partial charge in [-0.2, -0.15) is 0 Å². The maximum Gasteiger partial charge on any atom is 0.240 e. The molecule has 0 aliphatic carbocycles. The molecule has 4 nitrogen and oxygen atoms in total.